The fourth-order valence-corrected chi connectivity index (χ4v) is 2.81. The summed E-state index contributed by atoms with van der Waals surface area (Å²) in [5.74, 6) is -2.42. The summed E-state index contributed by atoms with van der Waals surface area (Å²) >= 11 is 6.09. The highest BCUT2D eigenvalue weighted by Gasteiger charge is 2.37. The van der Waals surface area contributed by atoms with Crippen LogP contribution in [-0.2, 0) is 19.1 Å². The van der Waals surface area contributed by atoms with Crippen LogP contribution in [0.5, 0.6) is 0 Å². The molecule has 1 aliphatic heterocycles. The van der Waals surface area contributed by atoms with Crippen molar-refractivity contribution in [2.24, 2.45) is 5.92 Å². The first kappa shape index (κ1) is 18.2. The molecule has 1 saturated heterocycles. The van der Waals surface area contributed by atoms with E-state index in [1.807, 2.05) is 0 Å². The Morgan fingerprint density at radius 3 is 2.79 bits per heavy atom. The number of anilines is 1. The number of nitrogens with one attached hydrogen (secondary N) is 1. The number of amides is 2. The average molecular weight is 355 g/mol. The van der Waals surface area contributed by atoms with E-state index in [9.17, 15) is 14.4 Å². The van der Waals surface area contributed by atoms with Crippen molar-refractivity contribution in [1.29, 1.82) is 0 Å². The fraction of sp³-hybridized carbons (Fsp3) is 0.438. The van der Waals surface area contributed by atoms with Gasteiger partial charge >= 0.3 is 5.97 Å². The number of methoxy groups -OCH3 is 1. The molecule has 24 heavy (non-hydrogen) atoms. The van der Waals surface area contributed by atoms with Gasteiger partial charge in [-0.2, -0.15) is 0 Å². The van der Waals surface area contributed by atoms with E-state index < -0.39 is 23.8 Å². The van der Waals surface area contributed by atoms with Gasteiger partial charge in [-0.25, -0.2) is 4.79 Å². The molecule has 7 nitrogen and oxygen atoms in total. The molecule has 0 aromatic heterocycles. The van der Waals surface area contributed by atoms with E-state index in [2.05, 4.69) is 5.32 Å². The van der Waals surface area contributed by atoms with E-state index in [4.69, 9.17) is 21.4 Å². The number of carbonyl (C=O) groups excluding carboxylic acids is 2. The van der Waals surface area contributed by atoms with Crippen LogP contribution >= 0.6 is 11.6 Å². The van der Waals surface area contributed by atoms with Gasteiger partial charge < -0.3 is 20.1 Å². The summed E-state index contributed by atoms with van der Waals surface area (Å²) in [6.45, 7) is 0.387. The Labute approximate surface area is 144 Å². The van der Waals surface area contributed by atoms with Crippen LogP contribution < -0.4 is 10.2 Å². The zero-order valence-corrected chi connectivity index (χ0v) is 14.0. The Hall–Kier alpha value is -2.12. The topological polar surface area (TPSA) is 95.9 Å². The Morgan fingerprint density at radius 2 is 2.17 bits per heavy atom. The molecule has 1 heterocycles. The second kappa shape index (κ2) is 8.12. The number of carboxylic acid groups (broad SMARTS) is 1. The lowest BCUT2D eigenvalue weighted by Gasteiger charge is -2.19. The normalized spacial score (nSPS) is 18.5. The van der Waals surface area contributed by atoms with Crippen LogP contribution in [-0.4, -0.2) is 49.2 Å². The van der Waals surface area contributed by atoms with E-state index in [1.54, 1.807) is 24.3 Å². The third-order valence-electron chi connectivity index (χ3n) is 3.86. The van der Waals surface area contributed by atoms with Crippen LogP contribution in [0.3, 0.4) is 0 Å². The van der Waals surface area contributed by atoms with Crippen LogP contribution in [0.4, 0.5) is 5.69 Å². The number of rotatable bonds is 7. The number of para-hydroxylation sites is 1. The first-order chi connectivity index (χ1) is 11.4. The van der Waals surface area contributed by atoms with E-state index in [-0.39, 0.29) is 31.9 Å². The summed E-state index contributed by atoms with van der Waals surface area (Å²) in [6, 6.07) is 5.85. The Bertz CT molecular complexity index is 637. The molecule has 1 aromatic carbocycles. The monoisotopic (exact) mass is 354 g/mol. The maximum Gasteiger partial charge on any atom is 0.326 e. The number of carboxylic acids is 1. The number of nitrogens with zero attached hydrogens (tertiary/aromatic N) is 1. The van der Waals surface area contributed by atoms with Crippen molar-refractivity contribution in [2.75, 3.05) is 25.2 Å². The van der Waals surface area contributed by atoms with Gasteiger partial charge in [-0.1, -0.05) is 23.7 Å². The molecule has 2 N–H and O–H groups in total. The fourth-order valence-electron chi connectivity index (χ4n) is 2.57. The molecule has 0 aliphatic carbocycles. The Morgan fingerprint density at radius 1 is 1.46 bits per heavy atom. The van der Waals surface area contributed by atoms with Gasteiger partial charge in [0, 0.05) is 33.1 Å². The molecule has 2 amide bonds. The van der Waals surface area contributed by atoms with Gasteiger partial charge in [0.15, 0.2) is 0 Å². The minimum Gasteiger partial charge on any atom is -0.480 e. The lowest BCUT2D eigenvalue weighted by Crippen LogP contribution is -2.44. The van der Waals surface area contributed by atoms with Crippen molar-refractivity contribution in [2.45, 2.75) is 18.9 Å². The highest BCUT2D eigenvalue weighted by Crippen LogP contribution is 2.31. The zero-order valence-electron chi connectivity index (χ0n) is 13.2. The molecule has 0 bridgehead atoms. The number of hydrogen-bond donors (Lipinski definition) is 2. The lowest BCUT2D eigenvalue weighted by atomic mass is 10.1. The van der Waals surface area contributed by atoms with Crippen molar-refractivity contribution < 1.29 is 24.2 Å². The SMILES string of the molecule is COCCC(NC(=O)C1CC(=O)N(c2ccccc2Cl)C1)C(=O)O. The van der Waals surface area contributed by atoms with E-state index in [0.717, 1.165) is 0 Å². The van der Waals surface area contributed by atoms with Crippen LogP contribution in [0.2, 0.25) is 5.02 Å². The number of benzene rings is 1. The quantitative estimate of drug-likeness (QED) is 0.769. The molecule has 2 atom stereocenters. The van der Waals surface area contributed by atoms with Crippen molar-refractivity contribution in [3.63, 3.8) is 0 Å². The standard InChI is InChI=1S/C16H19ClN2O5/c1-24-7-6-12(16(22)23)18-15(21)10-8-14(20)19(9-10)13-5-3-2-4-11(13)17/h2-5,10,12H,6-9H2,1H3,(H,18,21)(H,22,23). The highest BCUT2D eigenvalue weighted by atomic mass is 35.5. The summed E-state index contributed by atoms with van der Waals surface area (Å²) in [5, 5.41) is 12.0. The van der Waals surface area contributed by atoms with Gasteiger partial charge in [0.2, 0.25) is 11.8 Å². The zero-order chi connectivity index (χ0) is 17.7. The van der Waals surface area contributed by atoms with E-state index in [0.29, 0.717) is 10.7 Å². The molecule has 8 heteroatoms. The van der Waals surface area contributed by atoms with Gasteiger partial charge in [0.1, 0.15) is 6.04 Å². The Kier molecular flexibility index (Phi) is 6.16. The second-order valence-electron chi connectivity index (χ2n) is 5.54. The van der Waals surface area contributed by atoms with Crippen LogP contribution in [0, 0.1) is 5.92 Å². The third kappa shape index (κ3) is 4.24. The maximum atomic E-state index is 12.3. The molecule has 0 saturated carbocycles. The van der Waals surface area contributed by atoms with Gasteiger partial charge in [0.25, 0.3) is 0 Å². The average Bonchev–Trinajstić information content (AvgIpc) is 2.93. The van der Waals surface area contributed by atoms with E-state index in [1.165, 1.54) is 12.0 Å². The summed E-state index contributed by atoms with van der Waals surface area (Å²) in [7, 11) is 1.46. The third-order valence-corrected chi connectivity index (χ3v) is 4.18. The smallest absolute Gasteiger partial charge is 0.326 e. The van der Waals surface area contributed by atoms with Gasteiger partial charge in [0.05, 0.1) is 16.6 Å². The molecule has 1 fully saturated rings. The van der Waals surface area contributed by atoms with Gasteiger partial charge in [-0.15, -0.1) is 0 Å². The van der Waals surface area contributed by atoms with Crippen molar-refractivity contribution in [3.05, 3.63) is 29.3 Å². The van der Waals surface area contributed by atoms with E-state index >= 15 is 0 Å². The summed E-state index contributed by atoms with van der Waals surface area (Å²) in [6.07, 6.45) is 0.181. The van der Waals surface area contributed by atoms with Crippen molar-refractivity contribution in [1.82, 2.24) is 5.32 Å². The molecule has 2 unspecified atom stereocenters. The summed E-state index contributed by atoms with van der Waals surface area (Å²) < 4.78 is 4.84. The molecular weight excluding hydrogens is 336 g/mol. The first-order valence-corrected chi connectivity index (χ1v) is 7.88. The van der Waals surface area contributed by atoms with Gasteiger partial charge in [-0.3, -0.25) is 9.59 Å². The number of hydrogen-bond acceptors (Lipinski definition) is 4. The summed E-state index contributed by atoms with van der Waals surface area (Å²) in [4.78, 5) is 37.1. The largest absolute Gasteiger partial charge is 0.480 e. The number of halogens is 1. The minimum atomic E-state index is -1.13. The molecule has 2 rings (SSSR count). The first-order valence-electron chi connectivity index (χ1n) is 7.51. The predicted molar refractivity (Wildman–Crippen MR) is 88.0 cm³/mol. The molecular formula is C16H19ClN2O5. The molecule has 1 aromatic rings. The Balaban J connectivity index is 2.03. The molecule has 1 aliphatic rings. The second-order valence-corrected chi connectivity index (χ2v) is 5.94. The molecule has 0 radical (unpaired) electrons. The predicted octanol–water partition coefficient (Wildman–Crippen LogP) is 1.30. The van der Waals surface area contributed by atoms with Gasteiger partial charge in [-0.05, 0) is 12.1 Å². The minimum absolute atomic E-state index is 0.0215. The van der Waals surface area contributed by atoms with Crippen molar-refractivity contribution in [3.8, 4) is 0 Å². The summed E-state index contributed by atoms with van der Waals surface area (Å²) in [5.41, 5.74) is 0.550. The number of carbonyl (C=O) groups is 3. The maximum absolute atomic E-state index is 12.3. The molecule has 130 valence electrons. The van der Waals surface area contributed by atoms with Crippen molar-refractivity contribution >= 4 is 35.1 Å². The number of ether oxygens (including phenoxy) is 1. The van der Waals surface area contributed by atoms with Crippen LogP contribution in [0.1, 0.15) is 12.8 Å². The van der Waals surface area contributed by atoms with Crippen LogP contribution in [0.25, 0.3) is 0 Å². The molecule has 0 spiro atoms. The highest BCUT2D eigenvalue weighted by molar-refractivity contribution is 6.33. The van der Waals surface area contributed by atoms with Crippen LogP contribution in [0.15, 0.2) is 24.3 Å². The number of aliphatic carboxylic acids is 1. The lowest BCUT2D eigenvalue weighted by molar-refractivity contribution is -0.142.